The molecule has 6 nitrogen and oxygen atoms in total. The molecule has 25 heavy (non-hydrogen) atoms. The molecule has 0 unspecified atom stereocenters. The summed E-state index contributed by atoms with van der Waals surface area (Å²) in [6.07, 6.45) is 6.06. The van der Waals surface area contributed by atoms with Crippen molar-refractivity contribution in [3.05, 3.63) is 34.9 Å². The maximum Gasteiger partial charge on any atom is 0.315 e. The van der Waals surface area contributed by atoms with Crippen molar-refractivity contribution in [2.24, 2.45) is 11.7 Å². The van der Waals surface area contributed by atoms with Crippen molar-refractivity contribution < 1.29 is 9.59 Å². The van der Waals surface area contributed by atoms with Crippen molar-refractivity contribution in [1.82, 2.24) is 16.0 Å². The average molecular weight is 365 g/mol. The van der Waals surface area contributed by atoms with Gasteiger partial charge in [-0.1, -0.05) is 36.6 Å². The third-order valence-corrected chi connectivity index (χ3v) is 5.42. The Bertz CT molecular complexity index is 627. The van der Waals surface area contributed by atoms with Gasteiger partial charge in [0.25, 0.3) is 0 Å². The highest BCUT2D eigenvalue weighted by Gasteiger charge is 2.33. The molecular formula is C18H25ClN4O2. The van der Waals surface area contributed by atoms with Gasteiger partial charge in [-0.3, -0.25) is 0 Å². The van der Waals surface area contributed by atoms with E-state index >= 15 is 0 Å². The largest absolute Gasteiger partial charge is 0.352 e. The maximum absolute atomic E-state index is 12.4. The van der Waals surface area contributed by atoms with E-state index in [0.29, 0.717) is 23.8 Å². The molecule has 1 aromatic carbocycles. The van der Waals surface area contributed by atoms with E-state index in [-0.39, 0.29) is 24.2 Å². The molecule has 0 radical (unpaired) electrons. The zero-order chi connectivity index (χ0) is 17.8. The molecule has 0 spiro atoms. The SMILES string of the molecule is NC(=O)NC1CC(NC(=O)N[C@H](c2cccc(Cl)c2)C2CCCC2)C1. The molecule has 0 bridgehead atoms. The van der Waals surface area contributed by atoms with Gasteiger partial charge < -0.3 is 21.7 Å². The molecule has 1 aromatic rings. The number of rotatable bonds is 5. The van der Waals surface area contributed by atoms with Gasteiger partial charge in [0.15, 0.2) is 0 Å². The topological polar surface area (TPSA) is 96.2 Å². The number of carbonyl (C=O) groups excluding carboxylic acids is 2. The number of hydrogen-bond acceptors (Lipinski definition) is 2. The van der Waals surface area contributed by atoms with Crippen LogP contribution in [0.4, 0.5) is 9.59 Å². The van der Waals surface area contributed by atoms with E-state index < -0.39 is 6.03 Å². The molecule has 7 heteroatoms. The third-order valence-electron chi connectivity index (χ3n) is 5.19. The minimum atomic E-state index is -0.518. The Hall–Kier alpha value is -1.95. The highest BCUT2D eigenvalue weighted by Crippen LogP contribution is 2.36. The Kier molecular flexibility index (Phi) is 5.68. The van der Waals surface area contributed by atoms with Crippen molar-refractivity contribution in [3.63, 3.8) is 0 Å². The second-order valence-electron chi connectivity index (χ2n) is 7.07. The van der Waals surface area contributed by atoms with Crippen molar-refractivity contribution >= 4 is 23.7 Å². The fourth-order valence-corrected chi connectivity index (χ4v) is 4.09. The molecule has 2 fully saturated rings. The number of nitrogens with two attached hydrogens (primary N) is 1. The Morgan fingerprint density at radius 2 is 1.80 bits per heavy atom. The quantitative estimate of drug-likeness (QED) is 0.646. The molecule has 0 aliphatic heterocycles. The average Bonchev–Trinajstić information content (AvgIpc) is 3.04. The summed E-state index contributed by atoms with van der Waals surface area (Å²) in [7, 11) is 0. The Balaban J connectivity index is 1.57. The van der Waals surface area contributed by atoms with Crippen LogP contribution in [-0.4, -0.2) is 24.1 Å². The summed E-state index contributed by atoms with van der Waals surface area (Å²) in [5, 5.41) is 9.45. The molecule has 5 N–H and O–H groups in total. The van der Waals surface area contributed by atoms with Crippen LogP contribution in [0.5, 0.6) is 0 Å². The van der Waals surface area contributed by atoms with Gasteiger partial charge in [-0.2, -0.15) is 0 Å². The summed E-state index contributed by atoms with van der Waals surface area (Å²) in [6.45, 7) is 0. The van der Waals surface area contributed by atoms with Gasteiger partial charge in [0.05, 0.1) is 6.04 Å². The lowest BCUT2D eigenvalue weighted by Crippen LogP contribution is -2.56. The number of hydrogen-bond donors (Lipinski definition) is 4. The monoisotopic (exact) mass is 364 g/mol. The molecule has 2 saturated carbocycles. The lowest BCUT2D eigenvalue weighted by molar-refractivity contribution is 0.203. The highest BCUT2D eigenvalue weighted by molar-refractivity contribution is 6.30. The third kappa shape index (κ3) is 4.78. The second kappa shape index (κ2) is 7.95. The molecule has 0 heterocycles. The normalized spacial score (nSPS) is 24.2. The first-order valence-electron chi connectivity index (χ1n) is 8.89. The van der Waals surface area contributed by atoms with Crippen molar-refractivity contribution in [2.75, 3.05) is 0 Å². The molecule has 4 amide bonds. The van der Waals surface area contributed by atoms with E-state index in [1.54, 1.807) is 0 Å². The lowest BCUT2D eigenvalue weighted by atomic mass is 9.87. The molecule has 0 saturated heterocycles. The molecule has 2 aliphatic rings. The van der Waals surface area contributed by atoms with Gasteiger partial charge in [-0.25, -0.2) is 9.59 Å². The van der Waals surface area contributed by atoms with Crippen molar-refractivity contribution in [2.45, 2.75) is 56.7 Å². The number of nitrogens with one attached hydrogen (secondary N) is 3. The second-order valence-corrected chi connectivity index (χ2v) is 7.51. The summed E-state index contributed by atoms with van der Waals surface area (Å²) in [5.74, 6) is 0.440. The summed E-state index contributed by atoms with van der Waals surface area (Å²) >= 11 is 6.13. The van der Waals surface area contributed by atoms with Gasteiger partial charge in [-0.05, 0) is 49.3 Å². The molecule has 3 rings (SSSR count). The number of carbonyl (C=O) groups is 2. The zero-order valence-electron chi connectivity index (χ0n) is 14.1. The molecule has 0 aromatic heterocycles. The van der Waals surface area contributed by atoms with E-state index in [2.05, 4.69) is 16.0 Å². The van der Waals surface area contributed by atoms with Crippen LogP contribution in [0.3, 0.4) is 0 Å². The molecule has 2 aliphatic carbocycles. The van der Waals surface area contributed by atoms with Crippen LogP contribution >= 0.6 is 11.6 Å². The van der Waals surface area contributed by atoms with Crippen LogP contribution in [0.1, 0.15) is 50.1 Å². The van der Waals surface area contributed by atoms with Gasteiger partial charge >= 0.3 is 12.1 Å². The van der Waals surface area contributed by atoms with Crippen LogP contribution in [0.15, 0.2) is 24.3 Å². The maximum atomic E-state index is 12.4. The first-order chi connectivity index (χ1) is 12.0. The molecule has 136 valence electrons. The van der Waals surface area contributed by atoms with Crippen LogP contribution < -0.4 is 21.7 Å². The van der Waals surface area contributed by atoms with E-state index in [0.717, 1.165) is 18.4 Å². The Morgan fingerprint density at radius 1 is 1.12 bits per heavy atom. The fourth-order valence-electron chi connectivity index (χ4n) is 3.89. The van der Waals surface area contributed by atoms with Crippen molar-refractivity contribution in [1.29, 1.82) is 0 Å². The molecular weight excluding hydrogens is 340 g/mol. The minimum absolute atomic E-state index is 0.0270. The van der Waals surface area contributed by atoms with Crippen LogP contribution in [-0.2, 0) is 0 Å². The first-order valence-corrected chi connectivity index (χ1v) is 9.27. The smallest absolute Gasteiger partial charge is 0.315 e. The number of halogens is 1. The summed E-state index contributed by atoms with van der Waals surface area (Å²) in [4.78, 5) is 23.2. The number of benzene rings is 1. The Labute approximate surface area is 152 Å². The van der Waals surface area contributed by atoms with E-state index in [4.69, 9.17) is 17.3 Å². The van der Waals surface area contributed by atoms with Crippen LogP contribution in [0, 0.1) is 5.92 Å². The summed E-state index contributed by atoms with van der Waals surface area (Å²) in [5.41, 5.74) is 6.15. The number of primary amides is 1. The van der Waals surface area contributed by atoms with Gasteiger partial charge in [0.2, 0.25) is 0 Å². The number of amides is 4. The Morgan fingerprint density at radius 3 is 2.44 bits per heavy atom. The number of urea groups is 2. The molecule has 1 atom stereocenters. The van der Waals surface area contributed by atoms with Crippen LogP contribution in [0.25, 0.3) is 0 Å². The van der Waals surface area contributed by atoms with Crippen LogP contribution in [0.2, 0.25) is 5.02 Å². The van der Waals surface area contributed by atoms with Gasteiger partial charge in [-0.15, -0.1) is 0 Å². The minimum Gasteiger partial charge on any atom is -0.352 e. The van der Waals surface area contributed by atoms with Gasteiger partial charge in [0, 0.05) is 17.1 Å². The standard InChI is InChI=1S/C18H25ClN4O2/c19-13-7-3-6-12(8-13)16(11-4-1-2-5-11)23-18(25)22-15-9-14(10-15)21-17(20)24/h3,6-8,11,14-16H,1-2,4-5,9-10H2,(H3,20,21,24)(H2,22,23,25)/t14?,15?,16-/m0/s1. The zero-order valence-corrected chi connectivity index (χ0v) is 14.9. The first kappa shape index (κ1) is 17.9. The van der Waals surface area contributed by atoms with E-state index in [9.17, 15) is 9.59 Å². The van der Waals surface area contributed by atoms with E-state index in [1.807, 2.05) is 24.3 Å². The highest BCUT2D eigenvalue weighted by atomic mass is 35.5. The lowest BCUT2D eigenvalue weighted by Gasteiger charge is -2.36. The van der Waals surface area contributed by atoms with Crippen molar-refractivity contribution in [3.8, 4) is 0 Å². The fraction of sp³-hybridized carbons (Fsp3) is 0.556. The summed E-state index contributed by atoms with van der Waals surface area (Å²) in [6, 6.07) is 7.13. The predicted molar refractivity (Wildman–Crippen MR) is 97.3 cm³/mol. The predicted octanol–water partition coefficient (Wildman–Crippen LogP) is 3.07. The van der Waals surface area contributed by atoms with E-state index in [1.165, 1.54) is 12.8 Å². The summed E-state index contributed by atoms with van der Waals surface area (Å²) < 4.78 is 0. The van der Waals surface area contributed by atoms with Gasteiger partial charge in [0.1, 0.15) is 0 Å².